The van der Waals surface area contributed by atoms with Gasteiger partial charge in [-0.15, -0.1) is 11.8 Å². The molecule has 9 heteroatoms. The highest BCUT2D eigenvalue weighted by molar-refractivity contribution is 8.00. The van der Waals surface area contributed by atoms with E-state index in [1.165, 1.54) is 0 Å². The van der Waals surface area contributed by atoms with Gasteiger partial charge in [0.05, 0.1) is 21.8 Å². The number of carbonyl (C=O) groups excluding carboxylic acids is 2. The fourth-order valence-corrected chi connectivity index (χ4v) is 4.68. The summed E-state index contributed by atoms with van der Waals surface area (Å²) < 4.78 is 5.38. The first kappa shape index (κ1) is 22.1. The Kier molecular flexibility index (Phi) is 7.57. The summed E-state index contributed by atoms with van der Waals surface area (Å²) in [5.74, 6) is 0.412. The number of rotatable bonds is 6. The van der Waals surface area contributed by atoms with E-state index in [2.05, 4.69) is 5.32 Å². The Morgan fingerprint density at radius 3 is 2.59 bits per heavy atom. The van der Waals surface area contributed by atoms with Crippen LogP contribution in [0.5, 0.6) is 0 Å². The molecule has 0 spiro atoms. The third-order valence-corrected chi connectivity index (χ3v) is 6.72. The van der Waals surface area contributed by atoms with Crippen LogP contribution in [0.1, 0.15) is 24.3 Å². The van der Waals surface area contributed by atoms with E-state index >= 15 is 0 Å². The number of anilines is 1. The fourth-order valence-electron chi connectivity index (χ4n) is 3.01. The molecule has 0 aromatic heterocycles. The maximum absolute atomic E-state index is 12.5. The topological polar surface area (TPSA) is 58.6 Å². The number of nitrogens with zero attached hydrogens (tertiary/aromatic N) is 1. The van der Waals surface area contributed by atoms with E-state index in [1.54, 1.807) is 47.0 Å². The molecule has 29 heavy (non-hydrogen) atoms. The van der Waals surface area contributed by atoms with Crippen molar-refractivity contribution >= 4 is 64.3 Å². The van der Waals surface area contributed by atoms with E-state index in [9.17, 15) is 9.59 Å². The minimum atomic E-state index is -0.621. The standard InChI is InChI=1S/C20H19Cl3N2O3S/c1-2-15(10-28-20(27)24-14-7-8-16(22)17(23)9-14)25-18(26)11-29-19(25)12-3-5-13(21)6-4-12/h3-9,15,19H,2,10-11H2,1H3,(H,24,27). The third kappa shape index (κ3) is 5.51. The lowest BCUT2D eigenvalue weighted by Crippen LogP contribution is -2.41. The second-order valence-corrected chi connectivity index (χ2v) is 8.75. The van der Waals surface area contributed by atoms with Gasteiger partial charge in [0.2, 0.25) is 5.91 Å². The molecule has 0 bridgehead atoms. The zero-order valence-electron chi connectivity index (χ0n) is 15.5. The van der Waals surface area contributed by atoms with Gasteiger partial charge in [-0.3, -0.25) is 10.1 Å². The number of thioether (sulfide) groups is 1. The molecule has 2 atom stereocenters. The van der Waals surface area contributed by atoms with E-state index in [0.29, 0.717) is 32.9 Å². The predicted molar refractivity (Wildman–Crippen MR) is 119 cm³/mol. The van der Waals surface area contributed by atoms with Gasteiger partial charge in [0.1, 0.15) is 12.0 Å². The molecule has 2 unspecified atom stereocenters. The molecule has 0 saturated carbocycles. The van der Waals surface area contributed by atoms with E-state index in [0.717, 1.165) is 5.56 Å². The minimum Gasteiger partial charge on any atom is -0.447 e. The van der Waals surface area contributed by atoms with E-state index in [-0.39, 0.29) is 23.9 Å². The number of halogens is 3. The Labute approximate surface area is 188 Å². The average molecular weight is 474 g/mol. The van der Waals surface area contributed by atoms with Crippen LogP contribution < -0.4 is 5.32 Å². The van der Waals surface area contributed by atoms with Gasteiger partial charge in [-0.05, 0) is 42.3 Å². The molecule has 1 saturated heterocycles. The smallest absolute Gasteiger partial charge is 0.411 e. The van der Waals surface area contributed by atoms with E-state index < -0.39 is 6.09 Å². The number of carbonyl (C=O) groups is 2. The van der Waals surface area contributed by atoms with Gasteiger partial charge in [-0.1, -0.05) is 53.9 Å². The fraction of sp³-hybridized carbons (Fsp3) is 0.300. The van der Waals surface area contributed by atoms with Crippen LogP contribution in [0.4, 0.5) is 10.5 Å². The third-order valence-electron chi connectivity index (χ3n) is 4.50. The minimum absolute atomic E-state index is 0.0234. The van der Waals surface area contributed by atoms with Crippen LogP contribution in [-0.2, 0) is 9.53 Å². The number of nitrogens with one attached hydrogen (secondary N) is 1. The molecule has 0 aliphatic carbocycles. The van der Waals surface area contributed by atoms with Gasteiger partial charge in [0.25, 0.3) is 0 Å². The molecule has 5 nitrogen and oxygen atoms in total. The van der Waals surface area contributed by atoms with Crippen molar-refractivity contribution in [2.45, 2.75) is 24.8 Å². The Balaban J connectivity index is 1.64. The molecule has 154 valence electrons. The molecule has 1 N–H and O–H groups in total. The van der Waals surface area contributed by atoms with Crippen LogP contribution in [0.25, 0.3) is 0 Å². The van der Waals surface area contributed by atoms with E-state index in [1.807, 2.05) is 19.1 Å². The number of ether oxygens (including phenoxy) is 1. The van der Waals surface area contributed by atoms with Crippen molar-refractivity contribution in [2.24, 2.45) is 0 Å². The quantitative estimate of drug-likeness (QED) is 0.539. The average Bonchev–Trinajstić information content (AvgIpc) is 3.07. The van der Waals surface area contributed by atoms with Crippen molar-refractivity contribution in [3.63, 3.8) is 0 Å². The summed E-state index contributed by atoms with van der Waals surface area (Å²) >= 11 is 19.4. The van der Waals surface area contributed by atoms with Gasteiger partial charge < -0.3 is 9.64 Å². The maximum Gasteiger partial charge on any atom is 0.411 e. The Bertz CT molecular complexity index is 895. The van der Waals surface area contributed by atoms with Crippen molar-refractivity contribution in [3.05, 3.63) is 63.1 Å². The van der Waals surface area contributed by atoms with Crippen molar-refractivity contribution in [3.8, 4) is 0 Å². The summed E-state index contributed by atoms with van der Waals surface area (Å²) in [5, 5.41) is 3.86. The second-order valence-electron chi connectivity index (χ2n) is 6.43. The molecule has 1 fully saturated rings. The first-order valence-electron chi connectivity index (χ1n) is 8.96. The number of amides is 2. The Morgan fingerprint density at radius 2 is 1.93 bits per heavy atom. The first-order chi connectivity index (χ1) is 13.9. The normalized spacial score (nSPS) is 17.3. The molecule has 1 aliphatic heterocycles. The zero-order valence-corrected chi connectivity index (χ0v) is 18.6. The first-order valence-corrected chi connectivity index (χ1v) is 11.1. The molecule has 3 rings (SSSR count). The highest BCUT2D eigenvalue weighted by atomic mass is 35.5. The highest BCUT2D eigenvalue weighted by Gasteiger charge is 2.37. The van der Waals surface area contributed by atoms with Crippen LogP contribution in [0.15, 0.2) is 42.5 Å². The summed E-state index contributed by atoms with van der Waals surface area (Å²) in [6.07, 6.45) is 0.0281. The van der Waals surface area contributed by atoms with Crippen molar-refractivity contribution in [2.75, 3.05) is 17.7 Å². The molecule has 1 heterocycles. The summed E-state index contributed by atoms with van der Waals surface area (Å²) in [6.45, 7) is 2.04. The van der Waals surface area contributed by atoms with Crippen LogP contribution in [-0.4, -0.2) is 35.3 Å². The Hall–Kier alpha value is -1.60. The SMILES string of the molecule is CCC(COC(=O)Nc1ccc(Cl)c(Cl)c1)N1C(=O)CSC1c1ccc(Cl)cc1. The van der Waals surface area contributed by atoms with E-state index in [4.69, 9.17) is 39.5 Å². The molecule has 2 amide bonds. The second kappa shape index (κ2) is 9.94. The molecule has 2 aromatic rings. The highest BCUT2D eigenvalue weighted by Crippen LogP contribution is 2.40. The van der Waals surface area contributed by atoms with Crippen molar-refractivity contribution < 1.29 is 14.3 Å². The predicted octanol–water partition coefficient (Wildman–Crippen LogP) is 6.25. The molecular weight excluding hydrogens is 455 g/mol. The van der Waals surface area contributed by atoms with Gasteiger partial charge in [-0.2, -0.15) is 0 Å². The number of hydrogen-bond acceptors (Lipinski definition) is 4. The van der Waals surface area contributed by atoms with Gasteiger partial charge in [0.15, 0.2) is 0 Å². The maximum atomic E-state index is 12.5. The molecule has 1 aliphatic rings. The lowest BCUT2D eigenvalue weighted by Gasteiger charge is -2.32. The van der Waals surface area contributed by atoms with Crippen molar-refractivity contribution in [1.82, 2.24) is 4.90 Å². The number of benzene rings is 2. The summed E-state index contributed by atoms with van der Waals surface area (Å²) in [4.78, 5) is 26.5. The number of hydrogen-bond donors (Lipinski definition) is 1. The van der Waals surface area contributed by atoms with Crippen LogP contribution in [0.3, 0.4) is 0 Å². The van der Waals surface area contributed by atoms with Crippen LogP contribution in [0.2, 0.25) is 15.1 Å². The largest absolute Gasteiger partial charge is 0.447 e. The van der Waals surface area contributed by atoms with Gasteiger partial charge in [-0.25, -0.2) is 4.79 Å². The van der Waals surface area contributed by atoms with Crippen LogP contribution in [0, 0.1) is 0 Å². The summed E-state index contributed by atoms with van der Waals surface area (Å²) in [6, 6.07) is 12.0. The monoisotopic (exact) mass is 472 g/mol. The zero-order chi connectivity index (χ0) is 21.0. The van der Waals surface area contributed by atoms with Gasteiger partial charge in [0, 0.05) is 10.7 Å². The molecule has 2 aromatic carbocycles. The summed E-state index contributed by atoms with van der Waals surface area (Å²) in [7, 11) is 0. The lowest BCUT2D eigenvalue weighted by atomic mass is 10.1. The van der Waals surface area contributed by atoms with Crippen molar-refractivity contribution in [1.29, 1.82) is 0 Å². The lowest BCUT2D eigenvalue weighted by molar-refractivity contribution is -0.131. The van der Waals surface area contributed by atoms with Crippen LogP contribution >= 0.6 is 46.6 Å². The molecular formula is C20H19Cl3N2O3S. The van der Waals surface area contributed by atoms with Gasteiger partial charge >= 0.3 is 6.09 Å². The summed E-state index contributed by atoms with van der Waals surface area (Å²) in [5.41, 5.74) is 1.47. The molecule has 0 radical (unpaired) electrons. The Morgan fingerprint density at radius 1 is 1.21 bits per heavy atom.